The first-order valence-electron chi connectivity index (χ1n) is 6.18. The van der Waals surface area contributed by atoms with Gasteiger partial charge in [0, 0.05) is 32.5 Å². The SMILES string of the molecule is CCCCNC(=O)C1CCN(C(C)=O)CC1. The molecule has 0 aromatic carbocycles. The van der Waals surface area contributed by atoms with E-state index in [-0.39, 0.29) is 17.7 Å². The third-order valence-electron chi connectivity index (χ3n) is 3.14. The Bertz CT molecular complexity index is 245. The minimum Gasteiger partial charge on any atom is -0.356 e. The fourth-order valence-electron chi connectivity index (χ4n) is 1.99. The van der Waals surface area contributed by atoms with Gasteiger partial charge in [0.25, 0.3) is 0 Å². The molecule has 1 aliphatic rings. The van der Waals surface area contributed by atoms with Crippen molar-refractivity contribution in [3.8, 4) is 0 Å². The van der Waals surface area contributed by atoms with Gasteiger partial charge in [0.2, 0.25) is 11.8 Å². The molecule has 0 aromatic rings. The first kappa shape index (κ1) is 13.0. The zero-order valence-electron chi connectivity index (χ0n) is 10.3. The Balaban J connectivity index is 2.25. The van der Waals surface area contributed by atoms with E-state index in [1.54, 1.807) is 6.92 Å². The second-order valence-corrected chi connectivity index (χ2v) is 4.42. The Labute approximate surface area is 97.4 Å². The summed E-state index contributed by atoms with van der Waals surface area (Å²) in [4.78, 5) is 24.7. The number of likely N-dealkylation sites (tertiary alicyclic amines) is 1. The molecule has 1 N–H and O–H groups in total. The lowest BCUT2D eigenvalue weighted by Gasteiger charge is -2.30. The number of carbonyl (C=O) groups excluding carboxylic acids is 2. The average Bonchev–Trinajstić information content (AvgIpc) is 2.29. The maximum absolute atomic E-state index is 11.7. The van der Waals surface area contributed by atoms with E-state index in [1.807, 2.05) is 4.90 Å². The Hall–Kier alpha value is -1.06. The number of hydrogen-bond donors (Lipinski definition) is 1. The molecule has 4 nitrogen and oxygen atoms in total. The van der Waals surface area contributed by atoms with Crippen molar-refractivity contribution in [1.82, 2.24) is 10.2 Å². The molecule has 0 bridgehead atoms. The highest BCUT2D eigenvalue weighted by atomic mass is 16.2. The second kappa shape index (κ2) is 6.51. The van der Waals surface area contributed by atoms with Crippen LogP contribution in [0.4, 0.5) is 0 Å². The summed E-state index contributed by atoms with van der Waals surface area (Å²) < 4.78 is 0. The van der Waals surface area contributed by atoms with E-state index >= 15 is 0 Å². The van der Waals surface area contributed by atoms with Crippen molar-refractivity contribution in [2.24, 2.45) is 5.92 Å². The standard InChI is InChI=1S/C12H22N2O2/c1-3-4-7-13-12(16)11-5-8-14(9-6-11)10(2)15/h11H,3-9H2,1-2H3,(H,13,16). The molecule has 16 heavy (non-hydrogen) atoms. The first-order valence-corrected chi connectivity index (χ1v) is 6.18. The molecule has 0 aromatic heterocycles. The van der Waals surface area contributed by atoms with Gasteiger partial charge in [0.05, 0.1) is 0 Å². The van der Waals surface area contributed by atoms with Gasteiger partial charge in [-0.3, -0.25) is 9.59 Å². The molecular weight excluding hydrogens is 204 g/mol. The van der Waals surface area contributed by atoms with Crippen LogP contribution >= 0.6 is 0 Å². The lowest BCUT2D eigenvalue weighted by molar-refractivity contribution is -0.133. The Morgan fingerprint density at radius 2 is 1.94 bits per heavy atom. The predicted octanol–water partition coefficient (Wildman–Crippen LogP) is 1.16. The fourth-order valence-corrected chi connectivity index (χ4v) is 1.99. The Morgan fingerprint density at radius 3 is 2.44 bits per heavy atom. The van der Waals surface area contributed by atoms with Crippen LogP contribution in [-0.2, 0) is 9.59 Å². The van der Waals surface area contributed by atoms with Gasteiger partial charge in [0.1, 0.15) is 0 Å². The maximum Gasteiger partial charge on any atom is 0.223 e. The van der Waals surface area contributed by atoms with Gasteiger partial charge in [-0.05, 0) is 19.3 Å². The largest absolute Gasteiger partial charge is 0.356 e. The minimum atomic E-state index is 0.104. The van der Waals surface area contributed by atoms with E-state index in [0.717, 1.165) is 45.3 Å². The molecular formula is C12H22N2O2. The van der Waals surface area contributed by atoms with Crippen LogP contribution in [0, 0.1) is 5.92 Å². The number of nitrogens with one attached hydrogen (secondary N) is 1. The van der Waals surface area contributed by atoms with Crippen LogP contribution < -0.4 is 5.32 Å². The smallest absolute Gasteiger partial charge is 0.223 e. The third kappa shape index (κ3) is 3.83. The van der Waals surface area contributed by atoms with Gasteiger partial charge in [-0.2, -0.15) is 0 Å². The molecule has 1 saturated heterocycles. The fraction of sp³-hybridized carbons (Fsp3) is 0.833. The monoisotopic (exact) mass is 226 g/mol. The van der Waals surface area contributed by atoms with Crippen molar-refractivity contribution in [3.63, 3.8) is 0 Å². The van der Waals surface area contributed by atoms with Crippen molar-refractivity contribution in [3.05, 3.63) is 0 Å². The molecule has 0 atom stereocenters. The van der Waals surface area contributed by atoms with Crippen molar-refractivity contribution < 1.29 is 9.59 Å². The van der Waals surface area contributed by atoms with E-state index in [9.17, 15) is 9.59 Å². The highest BCUT2D eigenvalue weighted by Gasteiger charge is 2.25. The van der Waals surface area contributed by atoms with Crippen LogP contribution in [-0.4, -0.2) is 36.3 Å². The van der Waals surface area contributed by atoms with E-state index in [1.165, 1.54) is 0 Å². The summed E-state index contributed by atoms with van der Waals surface area (Å²) in [7, 11) is 0. The number of nitrogens with zero attached hydrogens (tertiary/aromatic N) is 1. The van der Waals surface area contributed by atoms with Gasteiger partial charge in [-0.1, -0.05) is 13.3 Å². The van der Waals surface area contributed by atoms with Gasteiger partial charge in [-0.25, -0.2) is 0 Å². The van der Waals surface area contributed by atoms with Gasteiger partial charge < -0.3 is 10.2 Å². The lowest BCUT2D eigenvalue weighted by atomic mass is 9.96. The summed E-state index contributed by atoms with van der Waals surface area (Å²) in [5.74, 6) is 0.383. The van der Waals surface area contributed by atoms with Crippen molar-refractivity contribution in [2.75, 3.05) is 19.6 Å². The molecule has 92 valence electrons. The first-order chi connectivity index (χ1) is 7.65. The van der Waals surface area contributed by atoms with Crippen LogP contribution in [0.25, 0.3) is 0 Å². The molecule has 1 rings (SSSR count). The maximum atomic E-state index is 11.7. The van der Waals surface area contributed by atoms with E-state index in [0.29, 0.717) is 0 Å². The summed E-state index contributed by atoms with van der Waals surface area (Å²) in [6.07, 6.45) is 3.75. The molecule has 0 unspecified atom stereocenters. The normalized spacial score (nSPS) is 17.2. The molecule has 4 heteroatoms. The summed E-state index contributed by atoms with van der Waals surface area (Å²) in [6.45, 7) is 5.92. The lowest BCUT2D eigenvalue weighted by Crippen LogP contribution is -2.42. The van der Waals surface area contributed by atoms with E-state index in [4.69, 9.17) is 0 Å². The highest BCUT2D eigenvalue weighted by molar-refractivity contribution is 5.79. The highest BCUT2D eigenvalue weighted by Crippen LogP contribution is 2.17. The second-order valence-electron chi connectivity index (χ2n) is 4.42. The topological polar surface area (TPSA) is 49.4 Å². The molecule has 2 amide bonds. The van der Waals surface area contributed by atoms with E-state index < -0.39 is 0 Å². The number of hydrogen-bond acceptors (Lipinski definition) is 2. The number of amides is 2. The Kier molecular flexibility index (Phi) is 5.29. The van der Waals surface area contributed by atoms with Crippen molar-refractivity contribution in [2.45, 2.75) is 39.5 Å². The number of piperidine rings is 1. The summed E-state index contributed by atoms with van der Waals surface area (Å²) in [5.41, 5.74) is 0. The number of rotatable bonds is 4. The molecule has 1 heterocycles. The van der Waals surface area contributed by atoms with Crippen LogP contribution in [0.3, 0.4) is 0 Å². The zero-order valence-corrected chi connectivity index (χ0v) is 10.3. The van der Waals surface area contributed by atoms with Crippen LogP contribution in [0.2, 0.25) is 0 Å². The van der Waals surface area contributed by atoms with E-state index in [2.05, 4.69) is 12.2 Å². The van der Waals surface area contributed by atoms with Gasteiger partial charge in [0.15, 0.2) is 0 Å². The molecule has 0 radical (unpaired) electrons. The quantitative estimate of drug-likeness (QED) is 0.731. The Morgan fingerprint density at radius 1 is 1.31 bits per heavy atom. The van der Waals surface area contributed by atoms with Crippen molar-refractivity contribution in [1.29, 1.82) is 0 Å². The third-order valence-corrected chi connectivity index (χ3v) is 3.14. The summed E-state index contributed by atoms with van der Waals surface area (Å²) in [5, 5.41) is 2.95. The molecule has 0 spiro atoms. The molecule has 1 aliphatic heterocycles. The van der Waals surface area contributed by atoms with Gasteiger partial charge in [-0.15, -0.1) is 0 Å². The minimum absolute atomic E-state index is 0.104. The molecule has 0 saturated carbocycles. The molecule has 0 aliphatic carbocycles. The summed E-state index contributed by atoms with van der Waals surface area (Å²) in [6, 6.07) is 0. The number of carbonyl (C=O) groups is 2. The zero-order chi connectivity index (χ0) is 12.0. The average molecular weight is 226 g/mol. The predicted molar refractivity (Wildman–Crippen MR) is 62.9 cm³/mol. The number of unbranched alkanes of at least 4 members (excludes halogenated alkanes) is 1. The van der Waals surface area contributed by atoms with Gasteiger partial charge >= 0.3 is 0 Å². The molecule has 1 fully saturated rings. The van der Waals surface area contributed by atoms with Crippen LogP contribution in [0.5, 0.6) is 0 Å². The summed E-state index contributed by atoms with van der Waals surface area (Å²) >= 11 is 0. The van der Waals surface area contributed by atoms with Crippen molar-refractivity contribution >= 4 is 11.8 Å². The van der Waals surface area contributed by atoms with Crippen LogP contribution in [0.15, 0.2) is 0 Å². The van der Waals surface area contributed by atoms with Crippen LogP contribution in [0.1, 0.15) is 39.5 Å².